The summed E-state index contributed by atoms with van der Waals surface area (Å²) < 4.78 is 0. The van der Waals surface area contributed by atoms with Crippen molar-refractivity contribution in [3.05, 3.63) is 0 Å². The van der Waals surface area contributed by atoms with E-state index in [2.05, 4.69) is 23.7 Å². The lowest BCUT2D eigenvalue weighted by Crippen LogP contribution is -2.18. The summed E-state index contributed by atoms with van der Waals surface area (Å²) in [5, 5.41) is 0.000000000000000222. The van der Waals surface area contributed by atoms with Crippen molar-refractivity contribution in [2.24, 2.45) is 11.5 Å². The highest BCUT2D eigenvalue weighted by Crippen LogP contribution is 1.32. The van der Waals surface area contributed by atoms with Crippen LogP contribution in [0.25, 0.3) is 0 Å². The van der Waals surface area contributed by atoms with Crippen LogP contribution in [0.3, 0.4) is 0 Å². The summed E-state index contributed by atoms with van der Waals surface area (Å²) in [4.78, 5) is 0. The zero-order valence-corrected chi connectivity index (χ0v) is 7.12. The van der Waals surface area contributed by atoms with Crippen LogP contribution in [0.1, 0.15) is 0 Å². The van der Waals surface area contributed by atoms with E-state index in [1.807, 2.05) is 0 Å². The van der Waals surface area contributed by atoms with Gasteiger partial charge in [-0.05, 0) is 12.2 Å². The van der Waals surface area contributed by atoms with E-state index in [9.17, 15) is 0 Å². The summed E-state index contributed by atoms with van der Waals surface area (Å²) in [6.45, 7) is 0. The average molecular weight is 238 g/mol. The van der Waals surface area contributed by atoms with E-state index < -0.39 is 0 Å². The predicted molar refractivity (Wildman–Crippen MR) is 41.6 cm³/mol. The van der Waals surface area contributed by atoms with Gasteiger partial charge in [-0.15, -0.1) is 34.0 Å². The van der Waals surface area contributed by atoms with Crippen molar-refractivity contribution in [3.63, 3.8) is 0 Å². The van der Waals surface area contributed by atoms with E-state index in [1.54, 1.807) is 0 Å². The van der Waals surface area contributed by atoms with Crippen LogP contribution in [0.2, 0.25) is 0 Å². The summed E-state index contributed by atoms with van der Waals surface area (Å²) in [6, 6.07) is 0. The lowest BCUT2D eigenvalue weighted by atomic mass is 11.3. The summed E-state index contributed by atoms with van der Waals surface area (Å²) in [6.07, 6.45) is 0. The second-order valence-corrected chi connectivity index (χ2v) is 0.874. The van der Waals surface area contributed by atoms with E-state index in [-0.39, 0.29) is 39.1 Å². The van der Waals surface area contributed by atoms with Crippen LogP contribution >= 0.6 is 46.2 Å². The van der Waals surface area contributed by atoms with Crippen LogP contribution in [0.15, 0.2) is 0 Å². The Morgan fingerprint density at radius 3 is 1.17 bits per heavy atom. The highest BCUT2D eigenvalue weighted by molar-refractivity contribution is 8.93. The van der Waals surface area contributed by atoms with Gasteiger partial charge in [-0.25, -0.2) is 0 Å². The first kappa shape index (κ1) is 15.9. The Bertz CT molecular complexity index is 34.5. The van der Waals surface area contributed by atoms with Gasteiger partial charge in [-0.1, -0.05) is 0 Å². The minimum Gasteiger partial charge on any atom is -0.377 e. The Labute approximate surface area is 62.8 Å². The predicted octanol–water partition coefficient (Wildman–Crippen LogP) is 0.345. The molecule has 0 heterocycles. The van der Waals surface area contributed by atoms with Gasteiger partial charge in [0.25, 0.3) is 0 Å². The minimum absolute atomic E-state index is 0. The smallest absolute Gasteiger partial charge is 0.160 e. The quantitative estimate of drug-likeness (QED) is 0.598. The molecule has 0 aliphatic rings. The van der Waals surface area contributed by atoms with E-state index in [1.165, 1.54) is 0 Å². The molecule has 0 amide bonds. The molecule has 0 atom stereocenters. The van der Waals surface area contributed by atoms with Crippen LogP contribution < -0.4 is 11.5 Å². The summed E-state index contributed by atoms with van der Waals surface area (Å²) in [5.74, 6) is 0. The Balaban J connectivity index is -0.0000000450. The van der Waals surface area contributed by atoms with Gasteiger partial charge in [0, 0.05) is 0 Å². The third-order valence-electron chi connectivity index (χ3n) is 0. The van der Waals surface area contributed by atoms with Crippen molar-refractivity contribution >= 4 is 51.3 Å². The van der Waals surface area contributed by atoms with Gasteiger partial charge >= 0.3 is 0 Å². The van der Waals surface area contributed by atoms with E-state index in [0.717, 1.165) is 0 Å². The largest absolute Gasteiger partial charge is 0.377 e. The first-order valence-electron chi connectivity index (χ1n) is 0.781. The van der Waals surface area contributed by atoms with Crippen molar-refractivity contribution < 1.29 is 0 Å². The first-order valence-corrected chi connectivity index (χ1v) is 1.19. The molecule has 6 heavy (non-hydrogen) atoms. The van der Waals surface area contributed by atoms with Crippen molar-refractivity contribution in [3.8, 4) is 0 Å². The highest BCUT2D eigenvalue weighted by Gasteiger charge is 1.53. The molecule has 4 N–H and O–H groups in total. The number of halogens is 2. The molecule has 40 valence electrons. The Morgan fingerprint density at radius 2 is 1.17 bits per heavy atom. The van der Waals surface area contributed by atoms with Crippen LogP contribution in [0.4, 0.5) is 0 Å². The number of hydrogen-bond acceptors (Lipinski definition) is 1. The molecule has 0 saturated heterocycles. The summed E-state index contributed by atoms with van der Waals surface area (Å²) in [7, 11) is 0. The topological polar surface area (TPSA) is 52.0 Å². The molecular formula is CH6Br2N2S. The van der Waals surface area contributed by atoms with Gasteiger partial charge < -0.3 is 11.5 Å². The molecule has 0 spiro atoms. The zero-order chi connectivity index (χ0) is 3.58. The van der Waals surface area contributed by atoms with Gasteiger partial charge in [0.05, 0.1) is 0 Å². The van der Waals surface area contributed by atoms with Gasteiger partial charge in [-0.3, -0.25) is 0 Å². The third kappa shape index (κ3) is 147. The van der Waals surface area contributed by atoms with E-state index >= 15 is 0 Å². The highest BCUT2D eigenvalue weighted by atomic mass is 79.9. The van der Waals surface area contributed by atoms with Crippen molar-refractivity contribution in [1.29, 1.82) is 0 Å². The molecule has 0 aromatic rings. The second-order valence-electron chi connectivity index (χ2n) is 0.402. The van der Waals surface area contributed by atoms with Gasteiger partial charge in [0.15, 0.2) is 5.11 Å². The number of thiocarbonyl (C=S) groups is 1. The molecule has 0 fully saturated rings. The molecule has 0 saturated carbocycles. The van der Waals surface area contributed by atoms with Crippen LogP contribution in [-0.2, 0) is 0 Å². The molecule has 0 aliphatic heterocycles. The minimum atomic E-state index is 0. The molecule has 0 aromatic heterocycles. The molecule has 0 rings (SSSR count). The maximum Gasteiger partial charge on any atom is 0.160 e. The van der Waals surface area contributed by atoms with Crippen molar-refractivity contribution in [2.45, 2.75) is 0 Å². The molecule has 0 radical (unpaired) electrons. The Kier molecular flexibility index (Phi) is 24.4. The fraction of sp³-hybridized carbons (Fsp3) is 0. The second kappa shape index (κ2) is 9.17. The van der Waals surface area contributed by atoms with Gasteiger partial charge in [0.1, 0.15) is 0 Å². The zero-order valence-electron chi connectivity index (χ0n) is 2.88. The molecule has 0 unspecified atom stereocenters. The first-order chi connectivity index (χ1) is 1.73. The molecule has 5 heteroatoms. The van der Waals surface area contributed by atoms with Gasteiger partial charge in [0.2, 0.25) is 0 Å². The Hall–Kier alpha value is 0.650. The monoisotopic (exact) mass is 236 g/mol. The summed E-state index contributed by atoms with van der Waals surface area (Å²) in [5.41, 5.74) is 9.24. The third-order valence-corrected chi connectivity index (χ3v) is 0. The number of hydrogen-bond donors (Lipinski definition) is 2. The lowest BCUT2D eigenvalue weighted by molar-refractivity contribution is 1.65. The molecule has 0 bridgehead atoms. The fourth-order valence-corrected chi connectivity index (χ4v) is 0. The van der Waals surface area contributed by atoms with Crippen LogP contribution in [0, 0.1) is 0 Å². The van der Waals surface area contributed by atoms with Crippen molar-refractivity contribution in [1.82, 2.24) is 0 Å². The van der Waals surface area contributed by atoms with E-state index in [0.29, 0.717) is 0 Å². The van der Waals surface area contributed by atoms with Crippen LogP contribution in [-0.4, -0.2) is 5.11 Å². The summed E-state index contributed by atoms with van der Waals surface area (Å²) >= 11 is 4.09. The fourth-order valence-electron chi connectivity index (χ4n) is 0. The maximum absolute atomic E-state index is 4.62. The molecule has 0 aliphatic carbocycles. The number of nitrogens with two attached hydrogens (primary N) is 2. The van der Waals surface area contributed by atoms with E-state index in [4.69, 9.17) is 0 Å². The average Bonchev–Trinajstić information content (AvgIpc) is 0.811. The number of rotatable bonds is 0. The van der Waals surface area contributed by atoms with Crippen molar-refractivity contribution in [2.75, 3.05) is 0 Å². The van der Waals surface area contributed by atoms with Gasteiger partial charge in [-0.2, -0.15) is 0 Å². The molecule has 2 nitrogen and oxygen atoms in total. The standard InChI is InChI=1S/CH4N2S.2BrH/c2-1(3)4;;/h(H4,2,3,4);2*1H. The Morgan fingerprint density at radius 1 is 1.17 bits per heavy atom. The SMILES string of the molecule is Br.Br.NC(N)=S. The lowest BCUT2D eigenvalue weighted by Gasteiger charge is -1.68. The van der Waals surface area contributed by atoms with Crippen LogP contribution in [0.5, 0.6) is 0 Å². The molecular weight excluding hydrogens is 232 g/mol. The normalized spacial score (nSPS) is 4.00. The maximum atomic E-state index is 4.62. The molecule has 0 aromatic carbocycles.